The van der Waals surface area contributed by atoms with E-state index in [0.29, 0.717) is 36.0 Å². The van der Waals surface area contributed by atoms with Crippen LogP contribution < -0.4 is 27.0 Å². The molecule has 0 aliphatic heterocycles. The van der Waals surface area contributed by atoms with Crippen LogP contribution in [0.1, 0.15) is 84.1 Å². The number of Topliss-reactive ketones (excluding diaryl/α,β-unsaturated/α-hetero) is 4. The molecule has 0 radical (unpaired) electrons. The molecule has 14 nitrogen and oxygen atoms in total. The number of nitrogens with zero attached hydrogens (tertiary/aromatic N) is 1. The third kappa shape index (κ3) is 12.6. The molecule has 306 valence electrons. The number of carbonyl (C=O) groups excluding carboxylic acids is 5. The number of aliphatic carboxylic acids is 2. The standard InChI is InChI=1S/C43H55N5O9/c1-48(2)36-17-16-33-39-31(36)11-7-12-32(39)40(53)34(41(33)54)15-14-27(42(55)47-21-18-28(43(56)57)23-30(49)10-6-13-38(51)52)24-37(50)35(45)19-20-46-25-29(44)22-26-8-4-3-5-9-26/h3-5,7-9,11-12,16-17,27-29,34-35,46H,6,10,13-15,18-25,44-45H2,1-2H3,(H,47,55)(H,51,52)(H,56,57)/t27-,28-,29-,34?,35-/m0/s1. The molecule has 14 heteroatoms. The molecule has 3 aromatic rings. The molecule has 0 fully saturated rings. The van der Waals surface area contributed by atoms with Crippen LogP contribution >= 0.6 is 0 Å². The van der Waals surface area contributed by atoms with Crippen molar-refractivity contribution in [3.8, 4) is 0 Å². The molecular weight excluding hydrogens is 730 g/mol. The second kappa shape index (κ2) is 21.3. The van der Waals surface area contributed by atoms with Gasteiger partial charge in [-0.3, -0.25) is 33.6 Å². The molecule has 0 heterocycles. The minimum absolute atomic E-state index is 0.00451. The van der Waals surface area contributed by atoms with Gasteiger partial charge in [-0.1, -0.05) is 48.5 Å². The summed E-state index contributed by atoms with van der Waals surface area (Å²) >= 11 is 0. The van der Waals surface area contributed by atoms with Crippen molar-refractivity contribution in [3.05, 3.63) is 77.4 Å². The number of carboxylic acid groups (broad SMARTS) is 2. The van der Waals surface area contributed by atoms with Gasteiger partial charge in [0.1, 0.15) is 11.6 Å². The molecule has 0 bridgehead atoms. The lowest BCUT2D eigenvalue weighted by Gasteiger charge is -2.26. The fourth-order valence-corrected chi connectivity index (χ4v) is 7.37. The van der Waals surface area contributed by atoms with E-state index in [1.807, 2.05) is 61.5 Å². The number of benzene rings is 3. The number of carbonyl (C=O) groups is 7. The van der Waals surface area contributed by atoms with Crippen molar-refractivity contribution in [1.29, 1.82) is 0 Å². The highest BCUT2D eigenvalue weighted by Crippen LogP contribution is 2.38. The summed E-state index contributed by atoms with van der Waals surface area (Å²) in [5.41, 5.74) is 15.4. The zero-order valence-electron chi connectivity index (χ0n) is 32.7. The second-order valence-electron chi connectivity index (χ2n) is 15.1. The van der Waals surface area contributed by atoms with E-state index in [9.17, 15) is 38.7 Å². The first-order chi connectivity index (χ1) is 27.2. The number of amides is 1. The van der Waals surface area contributed by atoms with E-state index in [2.05, 4.69) is 10.6 Å². The number of hydrogen-bond acceptors (Lipinski definition) is 11. The molecule has 57 heavy (non-hydrogen) atoms. The first-order valence-corrected chi connectivity index (χ1v) is 19.5. The number of nitrogens with one attached hydrogen (secondary N) is 2. The highest BCUT2D eigenvalue weighted by Gasteiger charge is 2.37. The lowest BCUT2D eigenvalue weighted by Crippen LogP contribution is -2.41. The van der Waals surface area contributed by atoms with Crippen LogP contribution in [0, 0.1) is 17.8 Å². The molecule has 1 aliphatic rings. The van der Waals surface area contributed by atoms with Crippen molar-refractivity contribution in [3.63, 3.8) is 0 Å². The topological polar surface area (TPSA) is 239 Å². The minimum atomic E-state index is -1.23. The van der Waals surface area contributed by atoms with Gasteiger partial charge in [-0.2, -0.15) is 0 Å². The summed E-state index contributed by atoms with van der Waals surface area (Å²) in [4.78, 5) is 91.8. The van der Waals surface area contributed by atoms with Crippen LogP contribution in [0.15, 0.2) is 60.7 Å². The lowest BCUT2D eigenvalue weighted by atomic mass is 9.76. The summed E-state index contributed by atoms with van der Waals surface area (Å²) in [5, 5.41) is 25.9. The Balaban J connectivity index is 1.41. The van der Waals surface area contributed by atoms with Gasteiger partial charge in [-0.15, -0.1) is 0 Å². The molecule has 5 atom stereocenters. The highest BCUT2D eigenvalue weighted by atomic mass is 16.4. The first-order valence-electron chi connectivity index (χ1n) is 19.5. The number of nitrogens with two attached hydrogens (primary N) is 2. The zero-order valence-corrected chi connectivity index (χ0v) is 32.7. The Morgan fingerprint density at radius 1 is 0.789 bits per heavy atom. The maximum Gasteiger partial charge on any atom is 0.307 e. The number of ketones is 4. The summed E-state index contributed by atoms with van der Waals surface area (Å²) in [6.07, 6.45) is 0.101. The number of rotatable bonds is 25. The van der Waals surface area contributed by atoms with Gasteiger partial charge in [0, 0.05) is 92.4 Å². The Kier molecular flexibility index (Phi) is 16.6. The molecular formula is C43H55N5O9. The van der Waals surface area contributed by atoms with Crippen molar-refractivity contribution in [1.82, 2.24) is 10.6 Å². The zero-order chi connectivity index (χ0) is 41.6. The summed E-state index contributed by atoms with van der Waals surface area (Å²) in [7, 11) is 3.76. The van der Waals surface area contributed by atoms with Crippen molar-refractivity contribution >= 4 is 57.4 Å². The predicted molar refractivity (Wildman–Crippen MR) is 216 cm³/mol. The number of anilines is 1. The minimum Gasteiger partial charge on any atom is -0.481 e. The van der Waals surface area contributed by atoms with Crippen LogP contribution in [0.25, 0.3) is 10.8 Å². The third-order valence-electron chi connectivity index (χ3n) is 10.5. The van der Waals surface area contributed by atoms with E-state index < -0.39 is 47.4 Å². The van der Waals surface area contributed by atoms with Crippen molar-refractivity contribution < 1.29 is 43.8 Å². The Bertz CT molecular complexity index is 1910. The molecule has 8 N–H and O–H groups in total. The van der Waals surface area contributed by atoms with Crippen LogP contribution in [0.2, 0.25) is 0 Å². The first kappa shape index (κ1) is 44.4. The highest BCUT2D eigenvalue weighted by molar-refractivity contribution is 6.30. The van der Waals surface area contributed by atoms with E-state index in [4.69, 9.17) is 16.6 Å². The smallest absolute Gasteiger partial charge is 0.307 e. The summed E-state index contributed by atoms with van der Waals surface area (Å²) < 4.78 is 0. The van der Waals surface area contributed by atoms with Crippen molar-refractivity contribution in [2.45, 2.75) is 76.3 Å². The summed E-state index contributed by atoms with van der Waals surface area (Å²) in [6, 6.07) is 17.7. The molecule has 1 aliphatic carbocycles. The SMILES string of the molecule is CN(C)c1ccc2c3c(cccc13)C(=O)C(CC[C@@H](CC(=O)[C@@H](N)CCNC[C@@H](N)Cc1ccccc1)C(=O)NCC[C@@H](CC(=O)CCCC(=O)O)C(=O)O)C2=O. The van der Waals surface area contributed by atoms with Crippen LogP contribution in [-0.2, 0) is 30.4 Å². The molecule has 1 amide bonds. The van der Waals surface area contributed by atoms with Gasteiger partial charge in [-0.05, 0) is 62.8 Å². The Hall–Kier alpha value is -5.31. The quantitative estimate of drug-likeness (QED) is 0.0533. The average molecular weight is 786 g/mol. The predicted octanol–water partition coefficient (Wildman–Crippen LogP) is 3.55. The van der Waals surface area contributed by atoms with Gasteiger partial charge >= 0.3 is 11.9 Å². The number of hydrogen-bond donors (Lipinski definition) is 6. The molecule has 1 unspecified atom stereocenters. The molecule has 0 aromatic heterocycles. The Labute approximate surface area is 332 Å². The van der Waals surface area contributed by atoms with Gasteiger partial charge in [-0.25, -0.2) is 0 Å². The maximum atomic E-state index is 13.9. The molecule has 0 saturated carbocycles. The van der Waals surface area contributed by atoms with Crippen LogP contribution in [0.3, 0.4) is 0 Å². The molecule has 0 saturated heterocycles. The largest absolute Gasteiger partial charge is 0.481 e. The molecule has 3 aromatic carbocycles. The second-order valence-corrected chi connectivity index (χ2v) is 15.1. The normalized spacial score (nSPS) is 15.8. The van der Waals surface area contributed by atoms with E-state index in [1.165, 1.54) is 0 Å². The van der Waals surface area contributed by atoms with E-state index in [0.717, 1.165) is 16.6 Å². The maximum absolute atomic E-state index is 13.9. The average Bonchev–Trinajstić information content (AvgIpc) is 3.17. The monoisotopic (exact) mass is 785 g/mol. The van der Waals surface area contributed by atoms with E-state index in [-0.39, 0.29) is 87.7 Å². The molecule has 0 spiro atoms. The van der Waals surface area contributed by atoms with Crippen molar-refractivity contribution in [2.75, 3.05) is 38.6 Å². The summed E-state index contributed by atoms with van der Waals surface area (Å²) in [6.45, 7) is 0.791. The fourth-order valence-electron chi connectivity index (χ4n) is 7.37. The van der Waals surface area contributed by atoms with Gasteiger partial charge in [0.05, 0.1) is 17.9 Å². The van der Waals surface area contributed by atoms with E-state index >= 15 is 0 Å². The van der Waals surface area contributed by atoms with Gasteiger partial charge in [0.2, 0.25) is 5.91 Å². The molecule has 4 rings (SSSR count). The third-order valence-corrected chi connectivity index (χ3v) is 10.5. The van der Waals surface area contributed by atoms with Gasteiger partial charge < -0.3 is 37.2 Å². The van der Waals surface area contributed by atoms with Crippen molar-refractivity contribution in [2.24, 2.45) is 29.2 Å². The van der Waals surface area contributed by atoms with E-state index in [1.54, 1.807) is 18.2 Å². The number of carboxylic acids is 2. The fraction of sp³-hybridized carbons (Fsp3) is 0.465. The Morgan fingerprint density at radius 3 is 2.16 bits per heavy atom. The van der Waals surface area contributed by atoms with Crippen LogP contribution in [0.5, 0.6) is 0 Å². The lowest BCUT2D eigenvalue weighted by molar-refractivity contribution is -0.144. The van der Waals surface area contributed by atoms with Gasteiger partial charge in [0.25, 0.3) is 0 Å². The van der Waals surface area contributed by atoms with Crippen LogP contribution in [0.4, 0.5) is 5.69 Å². The summed E-state index contributed by atoms with van der Waals surface area (Å²) in [5.74, 6) is -7.50. The Morgan fingerprint density at radius 2 is 1.49 bits per heavy atom. The van der Waals surface area contributed by atoms with Crippen LogP contribution in [-0.4, -0.2) is 97.0 Å². The van der Waals surface area contributed by atoms with Gasteiger partial charge in [0.15, 0.2) is 11.6 Å².